The zero-order valence-electron chi connectivity index (χ0n) is 35.5. The topological polar surface area (TPSA) is 179 Å². The van der Waals surface area contributed by atoms with Crippen molar-refractivity contribution < 1.29 is 23.9 Å². The number of nitrogens with one attached hydrogen (secondary N) is 3. The molecule has 2 saturated heterocycles. The highest BCUT2D eigenvalue weighted by atomic mass is 79.9. The van der Waals surface area contributed by atoms with Crippen molar-refractivity contribution in [2.45, 2.75) is 115 Å². The first kappa shape index (κ1) is 51.1. The second-order valence-corrected chi connectivity index (χ2v) is 19.9. The second kappa shape index (κ2) is 22.2. The van der Waals surface area contributed by atoms with E-state index in [0.717, 1.165) is 25.7 Å². The molecular formula is C46H52Br2Cl2N6O5. The fraction of sp³-hybridized carbons (Fsp3) is 0.391. The molecule has 2 heterocycles. The summed E-state index contributed by atoms with van der Waals surface area (Å²) in [5.74, 6) is 1.62. The maximum Gasteiger partial charge on any atom is 0.373 e. The number of carbonyl (C=O) groups excluding carboxylic acids is 3. The van der Waals surface area contributed by atoms with Gasteiger partial charge in [0.1, 0.15) is 46.3 Å². The number of para-hydroxylation sites is 1. The number of ether oxygens (including phenoxy) is 2. The van der Waals surface area contributed by atoms with Crippen LogP contribution >= 0.6 is 55.1 Å². The minimum Gasteiger partial charge on any atom is -0.454 e. The number of benzene rings is 4. The van der Waals surface area contributed by atoms with Crippen LogP contribution in [0.2, 0.25) is 10.0 Å². The summed E-state index contributed by atoms with van der Waals surface area (Å²) < 4.78 is 12.8. The Labute approximate surface area is 385 Å². The highest BCUT2D eigenvalue weighted by Gasteiger charge is 2.38. The minimum absolute atomic E-state index is 0.0581. The molecule has 4 aromatic rings. The molecule has 0 aromatic heterocycles. The molecule has 324 valence electrons. The molecule has 5 N–H and O–H groups in total. The van der Waals surface area contributed by atoms with E-state index < -0.39 is 0 Å². The van der Waals surface area contributed by atoms with Gasteiger partial charge in [-0.25, -0.2) is 0 Å². The van der Waals surface area contributed by atoms with Gasteiger partial charge in [0.15, 0.2) is 0 Å². The number of nitrogens with two attached hydrogens (primary N) is 1. The standard InChI is InChI=1S/C23H25BrClN3O2.C13H7BrClNO.C9H20N2.CO2/c1-22(2)11-15(12-23(3,4)28-22)27-21(29)14-8-9-20(18(25)10-14)30-19-7-5-6-17(24)16(19)13-26;14-10-4-3-7-12(9(10)8-16)17-13-6-2-1-5-11(13)15;1-8(2)5-7(10)6-9(3,4)11-8;2-1-3/h5-10,15,28H,11-12H2,1-4H3,(H,27,29);1-7H;7,11H,5-6,10H2,1-4H3;. The maximum absolute atomic E-state index is 12.8. The smallest absolute Gasteiger partial charge is 0.373 e. The van der Waals surface area contributed by atoms with E-state index >= 15 is 0 Å². The summed E-state index contributed by atoms with van der Waals surface area (Å²) >= 11 is 19.0. The third-order valence-corrected chi connectivity index (χ3v) is 11.3. The van der Waals surface area contributed by atoms with Crippen LogP contribution in [-0.4, -0.2) is 46.3 Å². The van der Waals surface area contributed by atoms with Gasteiger partial charge in [-0.05, 0) is 168 Å². The lowest BCUT2D eigenvalue weighted by atomic mass is 9.79. The van der Waals surface area contributed by atoms with Crippen molar-refractivity contribution in [3.05, 3.63) is 115 Å². The first-order chi connectivity index (χ1) is 28.4. The first-order valence-electron chi connectivity index (χ1n) is 19.4. The van der Waals surface area contributed by atoms with Crippen LogP contribution in [0.25, 0.3) is 0 Å². The first-order valence-corrected chi connectivity index (χ1v) is 21.7. The van der Waals surface area contributed by atoms with E-state index in [9.17, 15) is 10.1 Å². The molecule has 15 heteroatoms. The van der Waals surface area contributed by atoms with E-state index in [-0.39, 0.29) is 40.3 Å². The predicted molar refractivity (Wildman–Crippen MR) is 246 cm³/mol. The van der Waals surface area contributed by atoms with E-state index in [4.69, 9.17) is 53.3 Å². The fourth-order valence-electron chi connectivity index (χ4n) is 7.98. The zero-order chi connectivity index (χ0) is 45.8. The number of hydrogen-bond acceptors (Lipinski definition) is 10. The summed E-state index contributed by atoms with van der Waals surface area (Å²) in [6, 6.07) is 27.2. The Morgan fingerprint density at radius 2 is 1.08 bits per heavy atom. The van der Waals surface area contributed by atoms with Gasteiger partial charge in [-0.2, -0.15) is 20.1 Å². The lowest BCUT2D eigenvalue weighted by molar-refractivity contribution is -0.191. The molecule has 0 aliphatic carbocycles. The Morgan fingerprint density at radius 3 is 1.49 bits per heavy atom. The number of carbonyl (C=O) groups is 1. The molecule has 1 amide bonds. The van der Waals surface area contributed by atoms with E-state index in [2.05, 4.69) is 115 Å². The summed E-state index contributed by atoms with van der Waals surface area (Å²) in [5, 5.41) is 29.5. The molecule has 0 atom stereocenters. The quantitative estimate of drug-likeness (QED) is 0.145. The molecule has 11 nitrogen and oxygen atoms in total. The fourth-order valence-corrected chi connectivity index (χ4v) is 9.25. The second-order valence-electron chi connectivity index (χ2n) is 17.3. The van der Waals surface area contributed by atoms with Gasteiger partial charge >= 0.3 is 6.15 Å². The Morgan fingerprint density at radius 1 is 0.672 bits per heavy atom. The molecular weight excluding hydrogens is 947 g/mol. The molecule has 4 aromatic carbocycles. The lowest BCUT2D eigenvalue weighted by Gasteiger charge is -2.46. The zero-order valence-corrected chi connectivity index (χ0v) is 40.2. The average molecular weight is 1000 g/mol. The van der Waals surface area contributed by atoms with Crippen LogP contribution in [0.15, 0.2) is 87.8 Å². The van der Waals surface area contributed by atoms with Crippen molar-refractivity contribution in [2.75, 3.05) is 0 Å². The van der Waals surface area contributed by atoms with Gasteiger partial charge in [0.25, 0.3) is 5.91 Å². The summed E-state index contributed by atoms with van der Waals surface area (Å²) in [7, 11) is 0. The van der Waals surface area contributed by atoms with Gasteiger partial charge < -0.3 is 31.2 Å². The molecule has 6 rings (SSSR count). The van der Waals surface area contributed by atoms with Crippen LogP contribution in [0.5, 0.6) is 23.0 Å². The number of nitriles is 2. The summed E-state index contributed by atoms with van der Waals surface area (Å²) in [6.45, 7) is 17.4. The Hall–Kier alpha value is -4.27. The predicted octanol–water partition coefficient (Wildman–Crippen LogP) is 11.2. The van der Waals surface area contributed by atoms with Gasteiger partial charge in [0, 0.05) is 48.7 Å². The van der Waals surface area contributed by atoms with Crippen molar-refractivity contribution in [1.29, 1.82) is 10.5 Å². The largest absolute Gasteiger partial charge is 0.454 e. The van der Waals surface area contributed by atoms with Gasteiger partial charge in [-0.15, -0.1) is 0 Å². The molecule has 0 bridgehead atoms. The molecule has 0 unspecified atom stereocenters. The Bertz CT molecular complexity index is 2250. The van der Waals surface area contributed by atoms with Crippen molar-refractivity contribution in [1.82, 2.24) is 16.0 Å². The van der Waals surface area contributed by atoms with Gasteiger partial charge in [0.2, 0.25) is 0 Å². The van der Waals surface area contributed by atoms with Crippen LogP contribution in [0.1, 0.15) is 103 Å². The number of amides is 1. The molecule has 0 saturated carbocycles. The number of rotatable bonds is 6. The number of nitrogens with zero attached hydrogens (tertiary/aromatic N) is 2. The number of halogens is 4. The highest BCUT2D eigenvalue weighted by molar-refractivity contribution is 9.10. The van der Waals surface area contributed by atoms with Crippen molar-refractivity contribution in [3.8, 4) is 35.1 Å². The van der Waals surface area contributed by atoms with Crippen molar-refractivity contribution in [3.63, 3.8) is 0 Å². The average Bonchev–Trinajstić information content (AvgIpc) is 3.12. The minimum atomic E-state index is -0.165. The molecule has 2 fully saturated rings. The van der Waals surface area contributed by atoms with Crippen LogP contribution in [0.3, 0.4) is 0 Å². The molecule has 2 aliphatic heterocycles. The summed E-state index contributed by atoms with van der Waals surface area (Å²) in [4.78, 5) is 29.1. The number of hydrogen-bond donors (Lipinski definition) is 4. The van der Waals surface area contributed by atoms with Crippen LogP contribution in [-0.2, 0) is 9.59 Å². The monoisotopic (exact) mass is 996 g/mol. The van der Waals surface area contributed by atoms with Gasteiger partial charge in [0.05, 0.1) is 10.0 Å². The molecule has 2 aliphatic rings. The normalized spacial score (nSPS) is 17.0. The Balaban J connectivity index is 0.000000267. The van der Waals surface area contributed by atoms with Crippen molar-refractivity contribution in [2.24, 2.45) is 5.73 Å². The third-order valence-electron chi connectivity index (χ3n) is 9.39. The maximum atomic E-state index is 12.8. The summed E-state index contributed by atoms with van der Waals surface area (Å²) in [5.41, 5.74) is 7.55. The van der Waals surface area contributed by atoms with Crippen molar-refractivity contribution >= 4 is 67.1 Å². The summed E-state index contributed by atoms with van der Waals surface area (Å²) in [6.07, 6.45) is 4.10. The van der Waals surface area contributed by atoms with Crippen LogP contribution < -0.4 is 31.2 Å². The number of piperidine rings is 2. The van der Waals surface area contributed by atoms with E-state index in [1.165, 1.54) is 0 Å². The van der Waals surface area contributed by atoms with Crippen LogP contribution in [0, 0.1) is 22.7 Å². The van der Waals surface area contributed by atoms with Gasteiger partial charge in [-0.3, -0.25) is 4.79 Å². The Kier molecular flexibility index (Phi) is 18.6. The highest BCUT2D eigenvalue weighted by Crippen LogP contribution is 2.36. The van der Waals surface area contributed by atoms with Crippen LogP contribution in [0.4, 0.5) is 0 Å². The molecule has 0 spiro atoms. The third kappa shape index (κ3) is 16.2. The lowest BCUT2D eigenvalue weighted by Crippen LogP contribution is -2.62. The van der Waals surface area contributed by atoms with Gasteiger partial charge in [-0.1, -0.05) is 47.5 Å². The molecule has 61 heavy (non-hydrogen) atoms. The molecule has 0 radical (unpaired) electrons. The van der Waals surface area contributed by atoms with E-state index in [0.29, 0.717) is 64.7 Å². The van der Waals surface area contributed by atoms with E-state index in [1.54, 1.807) is 66.7 Å². The van der Waals surface area contributed by atoms with E-state index in [1.807, 2.05) is 12.1 Å². The SMILES string of the molecule is CC1(C)CC(N)CC(C)(C)N1.CC1(C)CC(NC(=O)c2ccc(Oc3cccc(Br)c3C#N)c(Cl)c2)CC(C)(C)N1.N#Cc1c(Br)cccc1Oc1ccccc1Cl.O=C=O.